The number of rotatable bonds is 65. The molecule has 0 aliphatic carbocycles. The van der Waals surface area contributed by atoms with Gasteiger partial charge in [-0.1, -0.05) is 317 Å². The predicted molar refractivity (Wildman–Crippen MR) is 362 cm³/mol. The Balaban J connectivity index is 4.16. The van der Waals surface area contributed by atoms with Gasteiger partial charge in [0.2, 0.25) is 0 Å². The standard InChI is InChI=1S/C77H134O6/c1-4-7-10-13-16-19-22-24-26-28-30-32-33-34-35-36-37-38-39-40-41-42-43-45-46-48-50-52-55-58-61-64-67-70-76(79)82-73-74(72-81-75(78)69-66-63-60-57-54-21-18-15-12-9-6-3)83-77(80)71-68-65-62-59-56-53-51-49-47-44-31-29-27-25-23-20-17-14-11-8-5-2/h8,11,15,17-18,20,22,24-25,27-28,30-31,44,49,51,74H,4-7,9-10,12-14,16,19,21,23,26,29,32-43,45-48,50,52-73H2,1-3H3/b11-8-,18-15-,20-17-,24-22-,27-25-,30-28-,44-31-,51-49-. The number of unbranched alkanes of at least 4 members (excludes halogenated alkanes) is 38. The van der Waals surface area contributed by atoms with E-state index in [1.807, 2.05) is 0 Å². The molecule has 0 heterocycles. The zero-order chi connectivity index (χ0) is 59.9. The average Bonchev–Trinajstić information content (AvgIpc) is 3.48. The van der Waals surface area contributed by atoms with Gasteiger partial charge in [-0.15, -0.1) is 0 Å². The highest BCUT2D eigenvalue weighted by Gasteiger charge is 2.19. The molecular formula is C77H134O6. The fourth-order valence-corrected chi connectivity index (χ4v) is 10.2. The number of esters is 3. The van der Waals surface area contributed by atoms with E-state index in [0.717, 1.165) is 122 Å². The minimum Gasteiger partial charge on any atom is -0.462 e. The van der Waals surface area contributed by atoms with Gasteiger partial charge in [-0.2, -0.15) is 0 Å². The Morgan fingerprint density at radius 2 is 0.482 bits per heavy atom. The fourth-order valence-electron chi connectivity index (χ4n) is 10.2. The quantitative estimate of drug-likeness (QED) is 0.0261. The first-order valence-corrected chi connectivity index (χ1v) is 35.7. The molecular weight excluding hydrogens is 1020 g/mol. The van der Waals surface area contributed by atoms with Gasteiger partial charge < -0.3 is 14.2 Å². The van der Waals surface area contributed by atoms with Crippen molar-refractivity contribution in [2.24, 2.45) is 0 Å². The Kier molecular flexibility index (Phi) is 67.7. The van der Waals surface area contributed by atoms with Gasteiger partial charge in [0.15, 0.2) is 6.10 Å². The van der Waals surface area contributed by atoms with Crippen LogP contribution in [0.5, 0.6) is 0 Å². The summed E-state index contributed by atoms with van der Waals surface area (Å²) in [7, 11) is 0. The van der Waals surface area contributed by atoms with E-state index in [4.69, 9.17) is 14.2 Å². The molecule has 83 heavy (non-hydrogen) atoms. The maximum Gasteiger partial charge on any atom is 0.306 e. The van der Waals surface area contributed by atoms with Crippen LogP contribution in [0.1, 0.15) is 355 Å². The first kappa shape index (κ1) is 79.3. The summed E-state index contributed by atoms with van der Waals surface area (Å²) in [5, 5.41) is 0. The second-order valence-electron chi connectivity index (χ2n) is 23.8. The molecule has 0 aromatic rings. The minimum atomic E-state index is -0.792. The van der Waals surface area contributed by atoms with Crippen molar-refractivity contribution in [2.75, 3.05) is 13.2 Å². The molecule has 0 aliphatic heterocycles. The average molecular weight is 1160 g/mol. The van der Waals surface area contributed by atoms with Crippen LogP contribution in [0.15, 0.2) is 97.2 Å². The zero-order valence-electron chi connectivity index (χ0n) is 54.9. The summed E-state index contributed by atoms with van der Waals surface area (Å²) in [6.07, 6.45) is 96.0. The van der Waals surface area contributed by atoms with Crippen molar-refractivity contribution in [1.82, 2.24) is 0 Å². The molecule has 6 nitrogen and oxygen atoms in total. The van der Waals surface area contributed by atoms with Crippen LogP contribution in [-0.4, -0.2) is 37.2 Å². The molecule has 0 aromatic carbocycles. The lowest BCUT2D eigenvalue weighted by Crippen LogP contribution is -2.30. The van der Waals surface area contributed by atoms with Gasteiger partial charge >= 0.3 is 17.9 Å². The van der Waals surface area contributed by atoms with Crippen molar-refractivity contribution in [1.29, 1.82) is 0 Å². The predicted octanol–water partition coefficient (Wildman–Crippen LogP) is 24.8. The molecule has 0 spiro atoms. The molecule has 0 saturated heterocycles. The Morgan fingerprint density at radius 3 is 0.783 bits per heavy atom. The Morgan fingerprint density at radius 1 is 0.253 bits per heavy atom. The van der Waals surface area contributed by atoms with Crippen molar-refractivity contribution in [3.8, 4) is 0 Å². The third-order valence-corrected chi connectivity index (χ3v) is 15.5. The zero-order valence-corrected chi connectivity index (χ0v) is 54.9. The summed E-state index contributed by atoms with van der Waals surface area (Å²) in [4.78, 5) is 38.3. The van der Waals surface area contributed by atoms with Gasteiger partial charge in [0.05, 0.1) is 0 Å². The molecule has 0 amide bonds. The van der Waals surface area contributed by atoms with Crippen molar-refractivity contribution in [3.63, 3.8) is 0 Å². The summed E-state index contributed by atoms with van der Waals surface area (Å²) in [5.74, 6) is -0.901. The molecule has 0 aliphatic rings. The topological polar surface area (TPSA) is 78.9 Å². The molecule has 0 aromatic heterocycles. The monoisotopic (exact) mass is 1160 g/mol. The maximum absolute atomic E-state index is 12.9. The summed E-state index contributed by atoms with van der Waals surface area (Å²) >= 11 is 0. The number of hydrogen-bond acceptors (Lipinski definition) is 6. The van der Waals surface area contributed by atoms with Crippen molar-refractivity contribution >= 4 is 17.9 Å². The molecule has 0 fully saturated rings. The number of ether oxygens (including phenoxy) is 3. The number of allylic oxidation sites excluding steroid dienone is 16. The number of hydrogen-bond donors (Lipinski definition) is 0. The van der Waals surface area contributed by atoms with Crippen LogP contribution in [0.4, 0.5) is 0 Å². The molecule has 6 heteroatoms. The van der Waals surface area contributed by atoms with E-state index in [2.05, 4.69) is 118 Å². The van der Waals surface area contributed by atoms with Crippen LogP contribution in [0, 0.1) is 0 Å². The van der Waals surface area contributed by atoms with E-state index in [1.54, 1.807) is 0 Å². The molecule has 0 bridgehead atoms. The molecule has 478 valence electrons. The van der Waals surface area contributed by atoms with E-state index < -0.39 is 6.10 Å². The Hall–Kier alpha value is -3.67. The molecule has 1 atom stereocenters. The summed E-state index contributed by atoms with van der Waals surface area (Å²) < 4.78 is 16.9. The lowest BCUT2D eigenvalue weighted by Gasteiger charge is -2.18. The highest BCUT2D eigenvalue weighted by molar-refractivity contribution is 5.71. The lowest BCUT2D eigenvalue weighted by molar-refractivity contribution is -0.167. The maximum atomic E-state index is 12.9. The van der Waals surface area contributed by atoms with E-state index >= 15 is 0 Å². The first-order valence-electron chi connectivity index (χ1n) is 35.7. The van der Waals surface area contributed by atoms with E-state index in [-0.39, 0.29) is 31.1 Å². The Bertz CT molecular complexity index is 1610. The summed E-state index contributed by atoms with van der Waals surface area (Å²) in [6, 6.07) is 0. The molecule has 0 saturated carbocycles. The van der Waals surface area contributed by atoms with Crippen LogP contribution in [-0.2, 0) is 28.6 Å². The van der Waals surface area contributed by atoms with E-state index in [0.29, 0.717) is 19.3 Å². The third kappa shape index (κ3) is 69.0. The van der Waals surface area contributed by atoms with E-state index in [1.165, 1.54) is 193 Å². The second-order valence-corrected chi connectivity index (χ2v) is 23.8. The molecule has 1 unspecified atom stereocenters. The van der Waals surface area contributed by atoms with Crippen LogP contribution < -0.4 is 0 Å². The number of carbonyl (C=O) groups is 3. The van der Waals surface area contributed by atoms with Crippen LogP contribution >= 0.6 is 0 Å². The smallest absolute Gasteiger partial charge is 0.306 e. The van der Waals surface area contributed by atoms with Gasteiger partial charge in [0, 0.05) is 19.3 Å². The minimum absolute atomic E-state index is 0.0855. The normalized spacial score (nSPS) is 12.7. The van der Waals surface area contributed by atoms with Gasteiger partial charge in [-0.05, 0) is 116 Å². The van der Waals surface area contributed by atoms with Crippen LogP contribution in [0.25, 0.3) is 0 Å². The second kappa shape index (κ2) is 70.8. The van der Waals surface area contributed by atoms with Gasteiger partial charge in [0.25, 0.3) is 0 Å². The number of carbonyl (C=O) groups excluding carboxylic acids is 3. The molecule has 0 N–H and O–H groups in total. The van der Waals surface area contributed by atoms with Gasteiger partial charge in [0.1, 0.15) is 13.2 Å². The molecule has 0 radical (unpaired) electrons. The van der Waals surface area contributed by atoms with Crippen molar-refractivity contribution in [3.05, 3.63) is 97.2 Å². The van der Waals surface area contributed by atoms with Crippen LogP contribution in [0.3, 0.4) is 0 Å². The first-order chi connectivity index (χ1) is 41.0. The highest BCUT2D eigenvalue weighted by Crippen LogP contribution is 2.17. The fraction of sp³-hybridized carbons (Fsp3) is 0.753. The molecule has 0 rings (SSSR count). The third-order valence-electron chi connectivity index (χ3n) is 15.5. The largest absolute Gasteiger partial charge is 0.462 e. The van der Waals surface area contributed by atoms with Gasteiger partial charge in [-0.3, -0.25) is 14.4 Å². The van der Waals surface area contributed by atoms with Crippen molar-refractivity contribution < 1.29 is 28.6 Å². The lowest BCUT2D eigenvalue weighted by atomic mass is 10.0. The Labute approximate surface area is 515 Å². The van der Waals surface area contributed by atoms with Crippen molar-refractivity contribution in [2.45, 2.75) is 361 Å². The highest BCUT2D eigenvalue weighted by atomic mass is 16.6. The van der Waals surface area contributed by atoms with E-state index in [9.17, 15) is 14.4 Å². The SMILES string of the molecule is CC/C=C\C/C=C\C/C=C\C/C=C\C/C=C\CCCCCCCC(=O)OC(COC(=O)CCCCCCC/C=C\CCCC)COC(=O)CCCCCCCCCCCCCCCCCCCCCCC/C=C\C/C=C\CCCCCCC. The summed E-state index contributed by atoms with van der Waals surface area (Å²) in [5.41, 5.74) is 0. The summed E-state index contributed by atoms with van der Waals surface area (Å²) in [6.45, 7) is 6.49. The van der Waals surface area contributed by atoms with Crippen LogP contribution in [0.2, 0.25) is 0 Å². The van der Waals surface area contributed by atoms with Gasteiger partial charge in [-0.25, -0.2) is 0 Å².